The zero-order valence-corrected chi connectivity index (χ0v) is 15.0. The van der Waals surface area contributed by atoms with Gasteiger partial charge in [0.1, 0.15) is 5.78 Å². The predicted octanol–water partition coefficient (Wildman–Crippen LogP) is 5.01. The van der Waals surface area contributed by atoms with Gasteiger partial charge < -0.3 is 4.74 Å². The minimum atomic E-state index is -0.220. The summed E-state index contributed by atoms with van der Waals surface area (Å²) >= 11 is 0. The third kappa shape index (κ3) is 3.24. The molecule has 2 heteroatoms. The van der Waals surface area contributed by atoms with Gasteiger partial charge >= 0.3 is 0 Å². The fraction of sp³-hybridized carbons (Fsp3) is 0.667. The van der Waals surface area contributed by atoms with Crippen molar-refractivity contribution in [3.63, 3.8) is 0 Å². The number of fused-ring (bicyclic) bond motifs is 3. The van der Waals surface area contributed by atoms with Crippen LogP contribution in [0.15, 0.2) is 35.5 Å². The maximum atomic E-state index is 12.9. The molecule has 0 radical (unpaired) electrons. The Kier molecular flexibility index (Phi) is 4.64. The lowest BCUT2D eigenvalue weighted by Gasteiger charge is -2.51. The number of Topliss-reactive ketones (excluding diaryl/α,β-unsaturated/α-hetero) is 1. The molecular formula is C21H30O2. The first-order chi connectivity index (χ1) is 10.9. The van der Waals surface area contributed by atoms with E-state index >= 15 is 0 Å². The van der Waals surface area contributed by atoms with E-state index in [2.05, 4.69) is 52.0 Å². The molecule has 0 aromatic carbocycles. The van der Waals surface area contributed by atoms with Crippen molar-refractivity contribution in [1.82, 2.24) is 0 Å². The van der Waals surface area contributed by atoms with E-state index < -0.39 is 0 Å². The fourth-order valence-electron chi connectivity index (χ4n) is 4.53. The number of hydrogen-bond donors (Lipinski definition) is 0. The van der Waals surface area contributed by atoms with Gasteiger partial charge in [0.25, 0.3) is 0 Å². The molecule has 0 N–H and O–H groups in total. The summed E-state index contributed by atoms with van der Waals surface area (Å²) in [7, 11) is 0. The standard InChI is InChI=1S/C21H30O2/c1-5-6-7-8-15-12-18(22)20-16-11-14(2)9-10-17(16)21(3,4)23-19(20)13-15/h9-11,13,16-17,19-20H,5-8,12H2,1-4H3. The summed E-state index contributed by atoms with van der Waals surface area (Å²) in [5.74, 6) is 0.970. The largest absolute Gasteiger partial charge is 0.367 e. The molecule has 1 aliphatic heterocycles. The summed E-state index contributed by atoms with van der Waals surface area (Å²) in [4.78, 5) is 12.9. The van der Waals surface area contributed by atoms with Crippen LogP contribution in [0.2, 0.25) is 0 Å². The molecule has 3 rings (SSSR count). The molecule has 0 bridgehead atoms. The normalized spacial score (nSPS) is 35.2. The number of carbonyl (C=O) groups excluding carboxylic acids is 1. The molecule has 4 atom stereocenters. The predicted molar refractivity (Wildman–Crippen MR) is 94.2 cm³/mol. The molecule has 1 saturated heterocycles. The Labute approximate surface area is 140 Å². The van der Waals surface area contributed by atoms with Crippen LogP contribution < -0.4 is 0 Å². The monoisotopic (exact) mass is 314 g/mol. The maximum absolute atomic E-state index is 12.9. The van der Waals surface area contributed by atoms with Crippen LogP contribution in [0.25, 0.3) is 0 Å². The van der Waals surface area contributed by atoms with E-state index in [1.54, 1.807) is 0 Å². The van der Waals surface area contributed by atoms with E-state index in [4.69, 9.17) is 4.74 Å². The van der Waals surface area contributed by atoms with Crippen LogP contribution in [0.4, 0.5) is 0 Å². The van der Waals surface area contributed by atoms with Crippen LogP contribution in [0, 0.1) is 17.8 Å². The Morgan fingerprint density at radius 2 is 2.04 bits per heavy atom. The lowest BCUT2D eigenvalue weighted by molar-refractivity contribution is -0.168. The number of unbranched alkanes of at least 4 members (excludes halogenated alkanes) is 2. The third-order valence-electron chi connectivity index (χ3n) is 5.72. The number of allylic oxidation sites excluding steroid dienone is 4. The first kappa shape index (κ1) is 16.7. The van der Waals surface area contributed by atoms with Gasteiger partial charge in [-0.3, -0.25) is 4.79 Å². The topological polar surface area (TPSA) is 26.3 Å². The maximum Gasteiger partial charge on any atom is 0.143 e. The van der Waals surface area contributed by atoms with Crippen molar-refractivity contribution in [1.29, 1.82) is 0 Å². The zero-order valence-electron chi connectivity index (χ0n) is 15.0. The minimum absolute atomic E-state index is 0.00264. The highest BCUT2D eigenvalue weighted by molar-refractivity contribution is 5.86. The first-order valence-electron chi connectivity index (χ1n) is 9.19. The summed E-state index contributed by atoms with van der Waals surface area (Å²) in [5, 5.41) is 0. The average molecular weight is 314 g/mol. The summed E-state index contributed by atoms with van der Waals surface area (Å²) in [6, 6.07) is 0. The number of rotatable bonds is 4. The van der Waals surface area contributed by atoms with Crippen LogP contribution in [0.3, 0.4) is 0 Å². The third-order valence-corrected chi connectivity index (χ3v) is 5.72. The lowest BCUT2D eigenvalue weighted by Crippen LogP contribution is -2.55. The fourth-order valence-corrected chi connectivity index (χ4v) is 4.53. The summed E-state index contributed by atoms with van der Waals surface area (Å²) in [6.07, 6.45) is 14.3. The second kappa shape index (κ2) is 6.39. The summed E-state index contributed by atoms with van der Waals surface area (Å²) in [5.41, 5.74) is 2.35. The highest BCUT2D eigenvalue weighted by atomic mass is 16.5. The zero-order chi connectivity index (χ0) is 16.6. The molecule has 2 aliphatic carbocycles. The smallest absolute Gasteiger partial charge is 0.143 e. The molecule has 2 nitrogen and oxygen atoms in total. The van der Waals surface area contributed by atoms with Crippen molar-refractivity contribution in [3.05, 3.63) is 35.5 Å². The molecule has 3 aliphatic rings. The van der Waals surface area contributed by atoms with E-state index in [-0.39, 0.29) is 23.5 Å². The van der Waals surface area contributed by atoms with Crippen LogP contribution in [0.1, 0.15) is 59.8 Å². The Morgan fingerprint density at radius 3 is 2.78 bits per heavy atom. The lowest BCUT2D eigenvalue weighted by atomic mass is 9.63. The molecule has 23 heavy (non-hydrogen) atoms. The van der Waals surface area contributed by atoms with Gasteiger partial charge in [-0.1, -0.05) is 55.2 Å². The quantitative estimate of drug-likeness (QED) is 0.538. The van der Waals surface area contributed by atoms with E-state index in [1.165, 1.54) is 30.4 Å². The summed E-state index contributed by atoms with van der Waals surface area (Å²) in [6.45, 7) is 8.69. The van der Waals surface area contributed by atoms with Gasteiger partial charge in [0.05, 0.1) is 17.6 Å². The van der Waals surface area contributed by atoms with Crippen LogP contribution in [0.5, 0.6) is 0 Å². The van der Waals surface area contributed by atoms with E-state index in [0.29, 0.717) is 18.1 Å². The van der Waals surface area contributed by atoms with Crippen molar-refractivity contribution in [3.8, 4) is 0 Å². The molecule has 0 amide bonds. The van der Waals surface area contributed by atoms with Crippen molar-refractivity contribution in [2.24, 2.45) is 17.8 Å². The van der Waals surface area contributed by atoms with Gasteiger partial charge in [0.2, 0.25) is 0 Å². The SMILES string of the molecule is CCCCCC1=CC2OC(C)(C)C3C=CC(C)=CC3C2C(=O)C1. The Balaban J connectivity index is 1.86. The Hall–Kier alpha value is -1.15. The van der Waals surface area contributed by atoms with Crippen molar-refractivity contribution >= 4 is 5.78 Å². The molecule has 1 heterocycles. The van der Waals surface area contributed by atoms with Crippen molar-refractivity contribution in [2.45, 2.75) is 71.5 Å². The molecule has 0 aromatic rings. The van der Waals surface area contributed by atoms with Gasteiger partial charge in [-0.2, -0.15) is 0 Å². The van der Waals surface area contributed by atoms with Gasteiger partial charge in [-0.25, -0.2) is 0 Å². The van der Waals surface area contributed by atoms with Crippen LogP contribution in [-0.2, 0) is 9.53 Å². The van der Waals surface area contributed by atoms with Gasteiger partial charge in [-0.15, -0.1) is 0 Å². The highest BCUT2D eigenvalue weighted by Gasteiger charge is 2.51. The second-order valence-electron chi connectivity index (χ2n) is 8.01. The van der Waals surface area contributed by atoms with E-state index in [0.717, 1.165) is 6.42 Å². The summed E-state index contributed by atoms with van der Waals surface area (Å²) < 4.78 is 6.41. The van der Waals surface area contributed by atoms with Gasteiger partial charge in [0, 0.05) is 12.3 Å². The van der Waals surface area contributed by atoms with E-state index in [1.807, 2.05) is 0 Å². The number of ether oxygens (including phenoxy) is 1. The average Bonchev–Trinajstić information content (AvgIpc) is 2.46. The first-order valence-corrected chi connectivity index (χ1v) is 9.19. The van der Waals surface area contributed by atoms with Crippen molar-refractivity contribution < 1.29 is 9.53 Å². The molecule has 0 spiro atoms. The molecule has 0 aromatic heterocycles. The molecule has 4 unspecified atom stereocenters. The molecule has 0 saturated carbocycles. The Bertz CT molecular complexity index is 564. The van der Waals surface area contributed by atoms with E-state index in [9.17, 15) is 4.79 Å². The number of carbonyl (C=O) groups is 1. The Morgan fingerprint density at radius 1 is 1.26 bits per heavy atom. The van der Waals surface area contributed by atoms with Gasteiger partial charge in [0.15, 0.2) is 0 Å². The molecular weight excluding hydrogens is 284 g/mol. The molecule has 126 valence electrons. The van der Waals surface area contributed by atoms with Crippen molar-refractivity contribution in [2.75, 3.05) is 0 Å². The van der Waals surface area contributed by atoms with Crippen LogP contribution in [-0.4, -0.2) is 17.5 Å². The highest BCUT2D eigenvalue weighted by Crippen LogP contribution is 2.48. The number of ketones is 1. The van der Waals surface area contributed by atoms with Crippen LogP contribution >= 0.6 is 0 Å². The minimum Gasteiger partial charge on any atom is -0.367 e. The molecule has 1 fully saturated rings. The second-order valence-corrected chi connectivity index (χ2v) is 8.01. The number of hydrogen-bond acceptors (Lipinski definition) is 2. The van der Waals surface area contributed by atoms with Gasteiger partial charge in [-0.05, 0) is 39.5 Å².